The van der Waals surface area contributed by atoms with Crippen molar-refractivity contribution >= 4 is 28.8 Å². The van der Waals surface area contributed by atoms with E-state index in [9.17, 15) is 4.79 Å². The van der Waals surface area contributed by atoms with Crippen molar-refractivity contribution in [1.82, 2.24) is 10.3 Å². The molecular weight excluding hydrogens is 268 g/mol. The molecule has 0 aliphatic heterocycles. The fraction of sp³-hybridized carbons (Fsp3) is 0.231. The minimum absolute atomic E-state index is 0.0824. The highest BCUT2D eigenvalue weighted by atomic mass is 35.5. The Morgan fingerprint density at radius 2 is 2.39 bits per heavy atom. The zero-order valence-corrected chi connectivity index (χ0v) is 11.5. The van der Waals surface area contributed by atoms with E-state index in [4.69, 9.17) is 11.6 Å². The minimum atomic E-state index is -0.123. The van der Waals surface area contributed by atoms with Gasteiger partial charge in [0.05, 0.1) is 0 Å². The second-order valence-electron chi connectivity index (χ2n) is 4.08. The fourth-order valence-electron chi connectivity index (χ4n) is 1.66. The minimum Gasteiger partial charge on any atom is -0.349 e. The molecule has 0 spiro atoms. The molecule has 2 aromatic rings. The molecule has 94 valence electrons. The van der Waals surface area contributed by atoms with Gasteiger partial charge in [0.15, 0.2) is 0 Å². The lowest BCUT2D eigenvalue weighted by Gasteiger charge is -2.13. The quantitative estimate of drug-likeness (QED) is 0.874. The van der Waals surface area contributed by atoms with Crippen molar-refractivity contribution in [2.45, 2.75) is 19.4 Å². The van der Waals surface area contributed by atoms with Gasteiger partial charge >= 0.3 is 0 Å². The molecule has 5 heteroatoms. The number of aromatic nitrogens is 1. The summed E-state index contributed by atoms with van der Waals surface area (Å²) >= 11 is 7.41. The molecule has 18 heavy (non-hydrogen) atoms. The molecule has 0 bridgehead atoms. The maximum Gasteiger partial charge on any atom is 0.251 e. The number of carbonyl (C=O) groups excluding carboxylic acids is 1. The van der Waals surface area contributed by atoms with Crippen LogP contribution in [0.15, 0.2) is 35.2 Å². The van der Waals surface area contributed by atoms with E-state index in [0.29, 0.717) is 10.7 Å². The standard InChI is InChI=1S/C13H13ClN2OS/c1-9(6-10-3-5-18-8-10)16-13(17)11-2-4-15-12(14)7-11/h2-5,7-9H,6H2,1H3,(H,16,17). The summed E-state index contributed by atoms with van der Waals surface area (Å²) < 4.78 is 0. The molecule has 1 atom stereocenters. The number of nitrogens with zero attached hydrogens (tertiary/aromatic N) is 1. The molecule has 1 N–H and O–H groups in total. The van der Waals surface area contributed by atoms with Gasteiger partial charge in [-0.1, -0.05) is 11.6 Å². The van der Waals surface area contributed by atoms with Gasteiger partial charge in [-0.15, -0.1) is 0 Å². The van der Waals surface area contributed by atoms with Gasteiger partial charge in [-0.2, -0.15) is 11.3 Å². The number of halogens is 1. The summed E-state index contributed by atoms with van der Waals surface area (Å²) in [6.07, 6.45) is 2.36. The first-order valence-electron chi connectivity index (χ1n) is 5.58. The Hall–Kier alpha value is -1.39. The molecule has 0 saturated heterocycles. The number of amides is 1. The first-order chi connectivity index (χ1) is 8.65. The van der Waals surface area contributed by atoms with Crippen LogP contribution in [0.2, 0.25) is 5.15 Å². The van der Waals surface area contributed by atoms with E-state index in [0.717, 1.165) is 6.42 Å². The maximum atomic E-state index is 11.9. The second-order valence-corrected chi connectivity index (χ2v) is 5.24. The first kappa shape index (κ1) is 13.1. The summed E-state index contributed by atoms with van der Waals surface area (Å²) in [5.41, 5.74) is 1.77. The third-order valence-corrected chi connectivity index (χ3v) is 3.43. The Morgan fingerprint density at radius 1 is 1.56 bits per heavy atom. The molecule has 0 radical (unpaired) electrons. The van der Waals surface area contributed by atoms with Crippen LogP contribution in [0.1, 0.15) is 22.8 Å². The number of hydrogen-bond acceptors (Lipinski definition) is 3. The number of thiophene rings is 1. The predicted octanol–water partition coefficient (Wildman–Crippen LogP) is 3.16. The molecule has 2 aromatic heterocycles. The topological polar surface area (TPSA) is 42.0 Å². The van der Waals surface area contributed by atoms with Crippen LogP contribution in [0.25, 0.3) is 0 Å². The van der Waals surface area contributed by atoms with Gasteiger partial charge in [0.1, 0.15) is 5.15 Å². The first-order valence-corrected chi connectivity index (χ1v) is 6.90. The summed E-state index contributed by atoms with van der Waals surface area (Å²) in [6, 6.07) is 5.36. The van der Waals surface area contributed by atoms with E-state index in [1.807, 2.05) is 12.3 Å². The molecule has 0 aliphatic carbocycles. The molecule has 2 heterocycles. The van der Waals surface area contributed by atoms with Gasteiger partial charge in [0, 0.05) is 17.8 Å². The lowest BCUT2D eigenvalue weighted by molar-refractivity contribution is 0.0940. The van der Waals surface area contributed by atoms with Gasteiger partial charge in [0.2, 0.25) is 0 Å². The Labute approximate surface area is 115 Å². The van der Waals surface area contributed by atoms with Crippen LogP contribution in [0.4, 0.5) is 0 Å². The van der Waals surface area contributed by atoms with Crippen LogP contribution in [-0.2, 0) is 6.42 Å². The lowest BCUT2D eigenvalue weighted by atomic mass is 10.1. The third kappa shape index (κ3) is 3.55. The van der Waals surface area contributed by atoms with Crippen molar-refractivity contribution in [3.63, 3.8) is 0 Å². The van der Waals surface area contributed by atoms with E-state index < -0.39 is 0 Å². The Balaban J connectivity index is 1.95. The summed E-state index contributed by atoms with van der Waals surface area (Å²) in [7, 11) is 0. The molecule has 0 aromatic carbocycles. The van der Waals surface area contributed by atoms with E-state index >= 15 is 0 Å². The van der Waals surface area contributed by atoms with Crippen molar-refractivity contribution in [1.29, 1.82) is 0 Å². The highest BCUT2D eigenvalue weighted by Crippen LogP contribution is 2.10. The summed E-state index contributed by atoms with van der Waals surface area (Å²) in [5, 5.41) is 7.39. The normalized spacial score (nSPS) is 12.1. The van der Waals surface area contributed by atoms with Crippen molar-refractivity contribution in [3.05, 3.63) is 51.4 Å². The molecule has 1 amide bonds. The molecule has 3 nitrogen and oxygen atoms in total. The number of pyridine rings is 1. The zero-order chi connectivity index (χ0) is 13.0. The van der Waals surface area contributed by atoms with Gasteiger partial charge in [-0.3, -0.25) is 4.79 Å². The monoisotopic (exact) mass is 280 g/mol. The highest BCUT2D eigenvalue weighted by molar-refractivity contribution is 7.07. The van der Waals surface area contributed by atoms with Gasteiger partial charge < -0.3 is 5.32 Å². The third-order valence-electron chi connectivity index (χ3n) is 2.49. The van der Waals surface area contributed by atoms with E-state index in [1.165, 1.54) is 11.8 Å². The summed E-state index contributed by atoms with van der Waals surface area (Å²) in [4.78, 5) is 15.8. The van der Waals surface area contributed by atoms with Crippen LogP contribution in [-0.4, -0.2) is 16.9 Å². The maximum absolute atomic E-state index is 11.9. The van der Waals surface area contributed by atoms with Gasteiger partial charge in [0.25, 0.3) is 5.91 Å². The number of carbonyl (C=O) groups is 1. The Morgan fingerprint density at radius 3 is 3.06 bits per heavy atom. The molecular formula is C13H13ClN2OS. The molecule has 0 saturated carbocycles. The molecule has 2 rings (SSSR count). The zero-order valence-electron chi connectivity index (χ0n) is 9.89. The number of hydrogen-bond donors (Lipinski definition) is 1. The van der Waals surface area contributed by atoms with Crippen molar-refractivity contribution in [2.24, 2.45) is 0 Å². The van der Waals surface area contributed by atoms with Crippen LogP contribution < -0.4 is 5.32 Å². The highest BCUT2D eigenvalue weighted by Gasteiger charge is 2.11. The van der Waals surface area contributed by atoms with Gasteiger partial charge in [-0.25, -0.2) is 4.98 Å². The predicted molar refractivity (Wildman–Crippen MR) is 74.2 cm³/mol. The van der Waals surface area contributed by atoms with Crippen molar-refractivity contribution in [3.8, 4) is 0 Å². The van der Waals surface area contributed by atoms with E-state index in [1.54, 1.807) is 23.5 Å². The SMILES string of the molecule is CC(Cc1ccsc1)NC(=O)c1ccnc(Cl)c1. The lowest BCUT2D eigenvalue weighted by Crippen LogP contribution is -2.34. The molecule has 0 fully saturated rings. The summed E-state index contributed by atoms with van der Waals surface area (Å²) in [6.45, 7) is 1.98. The smallest absolute Gasteiger partial charge is 0.251 e. The number of rotatable bonds is 4. The van der Waals surface area contributed by atoms with Crippen LogP contribution in [0.3, 0.4) is 0 Å². The van der Waals surface area contributed by atoms with Crippen LogP contribution >= 0.6 is 22.9 Å². The van der Waals surface area contributed by atoms with E-state index in [2.05, 4.69) is 21.7 Å². The van der Waals surface area contributed by atoms with Crippen LogP contribution in [0, 0.1) is 0 Å². The van der Waals surface area contributed by atoms with Crippen molar-refractivity contribution in [2.75, 3.05) is 0 Å². The van der Waals surface area contributed by atoms with Crippen molar-refractivity contribution < 1.29 is 4.79 Å². The summed E-state index contributed by atoms with van der Waals surface area (Å²) in [5.74, 6) is -0.123. The van der Waals surface area contributed by atoms with E-state index in [-0.39, 0.29) is 11.9 Å². The van der Waals surface area contributed by atoms with Gasteiger partial charge in [-0.05, 0) is 47.9 Å². The fourth-order valence-corrected chi connectivity index (χ4v) is 2.52. The molecule has 1 unspecified atom stereocenters. The second kappa shape index (κ2) is 5.98. The number of nitrogens with one attached hydrogen (secondary N) is 1. The van der Waals surface area contributed by atoms with Crippen LogP contribution in [0.5, 0.6) is 0 Å². The average Bonchev–Trinajstić information content (AvgIpc) is 2.81. The Bertz CT molecular complexity index is 528. The average molecular weight is 281 g/mol. The molecule has 0 aliphatic rings. The Kier molecular flexibility index (Phi) is 4.33. The largest absolute Gasteiger partial charge is 0.349 e.